The van der Waals surface area contributed by atoms with Crippen molar-refractivity contribution in [1.29, 1.82) is 0 Å². The Bertz CT molecular complexity index is 907. The molecule has 0 aliphatic rings. The number of hydrogen-bond donors (Lipinski definition) is 2. The van der Waals surface area contributed by atoms with Crippen molar-refractivity contribution in [3.63, 3.8) is 0 Å². The van der Waals surface area contributed by atoms with E-state index in [0.29, 0.717) is 5.95 Å². The number of nitrogens with zero attached hydrogens (tertiary/aromatic N) is 5. The maximum Gasteiger partial charge on any atom is 0.252 e. The van der Waals surface area contributed by atoms with Crippen molar-refractivity contribution in [2.24, 2.45) is 0 Å². The number of rotatable bonds is 8. The molecule has 0 saturated carbocycles. The summed E-state index contributed by atoms with van der Waals surface area (Å²) in [5.41, 5.74) is 5.64. The summed E-state index contributed by atoms with van der Waals surface area (Å²) in [6.45, 7) is 10.5. The lowest BCUT2D eigenvalue weighted by Gasteiger charge is -2.10. The number of aromatic amines is 1. The highest BCUT2D eigenvalue weighted by atomic mass is 15.4. The van der Waals surface area contributed by atoms with Gasteiger partial charge in [-0.2, -0.15) is 15.2 Å². The Labute approximate surface area is 160 Å². The van der Waals surface area contributed by atoms with Crippen LogP contribution in [0, 0.1) is 13.8 Å². The van der Waals surface area contributed by atoms with Gasteiger partial charge >= 0.3 is 0 Å². The Morgan fingerprint density at radius 3 is 2.41 bits per heavy atom. The molecule has 27 heavy (non-hydrogen) atoms. The third-order valence-corrected chi connectivity index (χ3v) is 4.49. The van der Waals surface area contributed by atoms with Crippen molar-refractivity contribution in [1.82, 2.24) is 29.9 Å². The van der Waals surface area contributed by atoms with Gasteiger partial charge < -0.3 is 5.32 Å². The Hall–Kier alpha value is -2.70. The highest BCUT2D eigenvalue weighted by Gasteiger charge is 2.18. The zero-order valence-electron chi connectivity index (χ0n) is 16.9. The van der Waals surface area contributed by atoms with Crippen molar-refractivity contribution in [2.75, 3.05) is 5.32 Å². The van der Waals surface area contributed by atoms with E-state index in [4.69, 9.17) is 10.1 Å². The highest BCUT2D eigenvalue weighted by Crippen LogP contribution is 2.22. The molecule has 0 aliphatic heterocycles. The first-order valence-electron chi connectivity index (χ1n) is 9.80. The van der Waals surface area contributed by atoms with Crippen molar-refractivity contribution in [3.8, 4) is 5.95 Å². The highest BCUT2D eigenvalue weighted by molar-refractivity contribution is 5.53. The second kappa shape index (κ2) is 8.33. The van der Waals surface area contributed by atoms with Crippen LogP contribution in [-0.4, -0.2) is 29.9 Å². The van der Waals surface area contributed by atoms with Crippen molar-refractivity contribution < 1.29 is 0 Å². The van der Waals surface area contributed by atoms with Crippen LogP contribution in [0.15, 0.2) is 12.1 Å². The number of H-pyrrole nitrogens is 1. The zero-order chi connectivity index (χ0) is 19.4. The predicted octanol–water partition coefficient (Wildman–Crippen LogP) is 4.21. The maximum absolute atomic E-state index is 4.90. The van der Waals surface area contributed by atoms with E-state index in [1.807, 2.05) is 30.7 Å². The van der Waals surface area contributed by atoms with Gasteiger partial charge in [-0.3, -0.25) is 5.10 Å². The van der Waals surface area contributed by atoms with Crippen LogP contribution in [0.25, 0.3) is 5.95 Å². The molecule has 0 atom stereocenters. The van der Waals surface area contributed by atoms with Crippen LogP contribution in [0.5, 0.6) is 0 Å². The predicted molar refractivity (Wildman–Crippen MR) is 108 cm³/mol. The molecule has 0 fully saturated rings. The minimum Gasteiger partial charge on any atom is -0.323 e. The Kier molecular flexibility index (Phi) is 5.88. The first-order valence-corrected chi connectivity index (χ1v) is 9.80. The summed E-state index contributed by atoms with van der Waals surface area (Å²) in [6, 6.07) is 3.87. The number of aryl methyl sites for hydroxylation is 3. The van der Waals surface area contributed by atoms with Crippen LogP contribution in [0.4, 0.5) is 11.6 Å². The van der Waals surface area contributed by atoms with E-state index in [-0.39, 0.29) is 0 Å². The molecule has 3 aromatic heterocycles. The summed E-state index contributed by atoms with van der Waals surface area (Å²) in [5.74, 6) is 2.08. The lowest BCUT2D eigenvalue weighted by Crippen LogP contribution is -2.10. The molecule has 7 heteroatoms. The van der Waals surface area contributed by atoms with Gasteiger partial charge in [0.15, 0.2) is 5.82 Å². The number of anilines is 2. The fraction of sp³-hybridized carbons (Fsp3) is 0.500. The molecular formula is C20H29N7. The van der Waals surface area contributed by atoms with Crippen LogP contribution in [0.1, 0.15) is 62.0 Å². The second-order valence-corrected chi connectivity index (χ2v) is 6.89. The fourth-order valence-electron chi connectivity index (χ4n) is 3.37. The van der Waals surface area contributed by atoms with Gasteiger partial charge in [0.05, 0.1) is 11.4 Å². The third kappa shape index (κ3) is 4.18. The largest absolute Gasteiger partial charge is 0.323 e. The summed E-state index contributed by atoms with van der Waals surface area (Å²) in [5, 5.41) is 15.3. The molecular weight excluding hydrogens is 338 g/mol. The molecule has 7 nitrogen and oxygen atoms in total. The van der Waals surface area contributed by atoms with E-state index in [9.17, 15) is 0 Å². The summed E-state index contributed by atoms with van der Waals surface area (Å²) < 4.78 is 1.95. The summed E-state index contributed by atoms with van der Waals surface area (Å²) >= 11 is 0. The second-order valence-electron chi connectivity index (χ2n) is 6.89. The van der Waals surface area contributed by atoms with E-state index in [1.165, 1.54) is 17.0 Å². The first-order chi connectivity index (χ1) is 13.0. The fourth-order valence-corrected chi connectivity index (χ4v) is 3.37. The van der Waals surface area contributed by atoms with Crippen LogP contribution < -0.4 is 5.32 Å². The average Bonchev–Trinajstić information content (AvgIpc) is 3.18. The van der Waals surface area contributed by atoms with Crippen LogP contribution in [0.3, 0.4) is 0 Å². The molecule has 0 saturated heterocycles. The average molecular weight is 368 g/mol. The Morgan fingerprint density at radius 1 is 1.00 bits per heavy atom. The van der Waals surface area contributed by atoms with Crippen LogP contribution in [-0.2, 0) is 19.3 Å². The third-order valence-electron chi connectivity index (χ3n) is 4.49. The van der Waals surface area contributed by atoms with E-state index in [0.717, 1.165) is 55.1 Å². The van der Waals surface area contributed by atoms with Crippen molar-refractivity contribution in [2.45, 2.75) is 66.7 Å². The van der Waals surface area contributed by atoms with E-state index < -0.39 is 0 Å². The molecule has 3 heterocycles. The van der Waals surface area contributed by atoms with Gasteiger partial charge in [0.2, 0.25) is 0 Å². The minimum absolute atomic E-state index is 0.616. The van der Waals surface area contributed by atoms with Crippen molar-refractivity contribution >= 4 is 11.6 Å². The van der Waals surface area contributed by atoms with Crippen molar-refractivity contribution in [3.05, 3.63) is 40.5 Å². The van der Waals surface area contributed by atoms with Gasteiger partial charge in [-0.1, -0.05) is 33.6 Å². The molecule has 0 aliphatic carbocycles. The quantitative estimate of drug-likeness (QED) is 0.623. The molecule has 2 N–H and O–H groups in total. The molecule has 3 aromatic rings. The molecule has 0 amide bonds. The van der Waals surface area contributed by atoms with E-state index in [2.05, 4.69) is 41.3 Å². The standard InChI is InChI=1S/C20H29N7/c1-6-9-16-15(8-3)17(10-7-2)27(26-16)20-21-13(4)11-18(23-20)22-19-12-14(5)24-25-19/h11-12H,6-10H2,1-5H3,(H2,21,22,23,24,25). The maximum atomic E-state index is 4.90. The molecule has 144 valence electrons. The van der Waals surface area contributed by atoms with Gasteiger partial charge in [0.25, 0.3) is 5.95 Å². The molecule has 3 rings (SSSR count). The Morgan fingerprint density at radius 2 is 1.78 bits per heavy atom. The number of hydrogen-bond acceptors (Lipinski definition) is 5. The number of nitrogens with one attached hydrogen (secondary N) is 2. The molecule has 0 spiro atoms. The normalized spacial score (nSPS) is 11.1. The number of aromatic nitrogens is 6. The minimum atomic E-state index is 0.616. The molecule has 0 unspecified atom stereocenters. The van der Waals surface area contributed by atoms with Gasteiger partial charge in [-0.05, 0) is 38.7 Å². The smallest absolute Gasteiger partial charge is 0.252 e. The van der Waals surface area contributed by atoms with Crippen LogP contribution >= 0.6 is 0 Å². The Balaban J connectivity index is 2.04. The van der Waals surface area contributed by atoms with Gasteiger partial charge in [-0.25, -0.2) is 9.67 Å². The van der Waals surface area contributed by atoms with Gasteiger partial charge in [-0.15, -0.1) is 0 Å². The zero-order valence-corrected chi connectivity index (χ0v) is 16.9. The van der Waals surface area contributed by atoms with Crippen LogP contribution in [0.2, 0.25) is 0 Å². The SMILES string of the molecule is CCCc1nn(-c2nc(C)cc(Nc3cc(C)[nH]n3)n2)c(CCC)c1CC. The molecule has 0 radical (unpaired) electrons. The summed E-state index contributed by atoms with van der Waals surface area (Å²) in [7, 11) is 0. The lowest BCUT2D eigenvalue weighted by molar-refractivity contribution is 0.717. The van der Waals surface area contributed by atoms with Gasteiger partial charge in [0, 0.05) is 23.5 Å². The summed E-state index contributed by atoms with van der Waals surface area (Å²) in [6.07, 6.45) is 5.08. The molecule has 0 bridgehead atoms. The topological polar surface area (TPSA) is 84.3 Å². The molecule has 0 aromatic carbocycles. The van der Waals surface area contributed by atoms with Gasteiger partial charge in [0.1, 0.15) is 5.82 Å². The summed E-state index contributed by atoms with van der Waals surface area (Å²) in [4.78, 5) is 9.39. The lowest BCUT2D eigenvalue weighted by atomic mass is 10.0. The van der Waals surface area contributed by atoms with E-state index >= 15 is 0 Å². The first kappa shape index (κ1) is 19.1. The monoisotopic (exact) mass is 367 g/mol. The van der Waals surface area contributed by atoms with E-state index in [1.54, 1.807) is 0 Å².